The van der Waals surface area contributed by atoms with E-state index in [0.29, 0.717) is 11.4 Å². The van der Waals surface area contributed by atoms with Crippen molar-refractivity contribution in [3.05, 3.63) is 77.7 Å². The lowest BCUT2D eigenvalue weighted by molar-refractivity contribution is -0.123. The van der Waals surface area contributed by atoms with E-state index in [9.17, 15) is 9.59 Å². The Morgan fingerprint density at radius 3 is 2.38 bits per heavy atom. The summed E-state index contributed by atoms with van der Waals surface area (Å²) < 4.78 is 4.65. The molecule has 1 aromatic heterocycles. The van der Waals surface area contributed by atoms with Gasteiger partial charge in [0, 0.05) is 0 Å². The second-order valence-corrected chi connectivity index (χ2v) is 6.76. The number of carbonyl (C=O) groups excluding carboxylic acids is 2. The molecule has 0 saturated carbocycles. The lowest BCUT2D eigenvalue weighted by Gasteiger charge is -2.20. The maximum Gasteiger partial charge on any atom is 0.407 e. The predicted octanol–water partition coefficient (Wildman–Crippen LogP) is 3.66. The van der Waals surface area contributed by atoms with Crippen molar-refractivity contribution < 1.29 is 14.3 Å². The third kappa shape index (κ3) is 5.01. The molecule has 29 heavy (non-hydrogen) atoms. The molecule has 0 unspecified atom stereocenters. The maximum absolute atomic E-state index is 12.9. The molecule has 150 valence electrons. The molecule has 2 amide bonds. The van der Waals surface area contributed by atoms with Gasteiger partial charge >= 0.3 is 6.09 Å². The van der Waals surface area contributed by atoms with Gasteiger partial charge in [-0.05, 0) is 25.0 Å². The number of ether oxygens (including phenoxy) is 1. The molecule has 0 saturated heterocycles. The summed E-state index contributed by atoms with van der Waals surface area (Å²) in [5.74, 6) is 0.265. The predicted molar refractivity (Wildman–Crippen MR) is 110 cm³/mol. The molecule has 7 nitrogen and oxygen atoms in total. The van der Waals surface area contributed by atoms with Crippen LogP contribution < -0.4 is 10.6 Å². The van der Waals surface area contributed by atoms with Gasteiger partial charge in [-0.2, -0.15) is 0 Å². The topological polar surface area (TPSA) is 96.1 Å². The number of nitrogens with zero attached hydrogens (tertiary/aromatic N) is 1. The van der Waals surface area contributed by atoms with E-state index in [-0.39, 0.29) is 11.9 Å². The Labute approximate surface area is 169 Å². The largest absolute Gasteiger partial charge is 0.453 e. The summed E-state index contributed by atoms with van der Waals surface area (Å²) in [6.45, 7) is 3.86. The van der Waals surface area contributed by atoms with Gasteiger partial charge in [0.15, 0.2) is 0 Å². The summed E-state index contributed by atoms with van der Waals surface area (Å²) in [6.07, 6.45) is 1.06. The summed E-state index contributed by atoms with van der Waals surface area (Å²) in [4.78, 5) is 32.2. The standard InChI is InChI=1S/C22H24N4O3/c1-14-9-11-16(12-10-14)18-13-23-20(25-18)15(2)24-21(27)19(26-22(28)29-3)17-7-5-4-6-8-17/h4-13,15,19H,1-3H3,(H,23,25)(H,24,27)(H,26,28)/t15-,19+/m0/s1. The van der Waals surface area contributed by atoms with Crippen molar-refractivity contribution in [2.45, 2.75) is 25.9 Å². The molecule has 0 bridgehead atoms. The second kappa shape index (κ2) is 9.05. The number of carbonyl (C=O) groups is 2. The van der Waals surface area contributed by atoms with Crippen molar-refractivity contribution in [1.82, 2.24) is 20.6 Å². The minimum absolute atomic E-state index is 0.359. The number of imidazole rings is 1. The highest BCUT2D eigenvalue weighted by Gasteiger charge is 2.25. The highest BCUT2D eigenvalue weighted by molar-refractivity contribution is 5.87. The van der Waals surface area contributed by atoms with Gasteiger partial charge < -0.3 is 20.4 Å². The summed E-state index contributed by atoms with van der Waals surface area (Å²) >= 11 is 0. The Kier molecular flexibility index (Phi) is 6.29. The van der Waals surface area contributed by atoms with Crippen molar-refractivity contribution in [3.63, 3.8) is 0 Å². The minimum Gasteiger partial charge on any atom is -0.453 e. The summed E-state index contributed by atoms with van der Waals surface area (Å²) in [6, 6.07) is 15.8. The quantitative estimate of drug-likeness (QED) is 0.596. The van der Waals surface area contributed by atoms with Crippen molar-refractivity contribution in [2.24, 2.45) is 0 Å². The lowest BCUT2D eigenvalue weighted by Crippen LogP contribution is -2.41. The number of H-pyrrole nitrogens is 1. The van der Waals surface area contributed by atoms with Crippen molar-refractivity contribution in [1.29, 1.82) is 0 Å². The summed E-state index contributed by atoms with van der Waals surface area (Å²) in [5, 5.41) is 5.47. The number of aromatic amines is 1. The number of nitrogens with one attached hydrogen (secondary N) is 3. The Morgan fingerprint density at radius 2 is 1.72 bits per heavy atom. The number of benzene rings is 2. The first-order valence-electron chi connectivity index (χ1n) is 9.29. The molecule has 0 aliphatic heterocycles. The van der Waals surface area contributed by atoms with Gasteiger partial charge in [0.1, 0.15) is 11.9 Å². The van der Waals surface area contributed by atoms with Gasteiger partial charge in [0.05, 0.1) is 25.0 Å². The fraction of sp³-hybridized carbons (Fsp3) is 0.227. The van der Waals surface area contributed by atoms with Crippen LogP contribution in [0.25, 0.3) is 11.3 Å². The SMILES string of the molecule is COC(=O)N[C@@H](C(=O)N[C@@H](C)c1ncc(-c2ccc(C)cc2)[nH]1)c1ccccc1. The third-order valence-corrected chi connectivity index (χ3v) is 4.57. The van der Waals surface area contributed by atoms with E-state index in [1.165, 1.54) is 12.7 Å². The molecule has 1 heterocycles. The van der Waals surface area contributed by atoms with Gasteiger partial charge in [-0.15, -0.1) is 0 Å². The van der Waals surface area contributed by atoms with Crippen LogP contribution in [0.4, 0.5) is 4.79 Å². The van der Waals surface area contributed by atoms with Crippen LogP contribution in [0.2, 0.25) is 0 Å². The van der Waals surface area contributed by atoms with Gasteiger partial charge in [0.2, 0.25) is 5.91 Å². The van der Waals surface area contributed by atoms with Crippen molar-refractivity contribution in [3.8, 4) is 11.3 Å². The second-order valence-electron chi connectivity index (χ2n) is 6.76. The van der Waals surface area contributed by atoms with Crippen LogP contribution in [-0.2, 0) is 9.53 Å². The Morgan fingerprint density at radius 1 is 1.03 bits per heavy atom. The molecule has 3 aromatic rings. The van der Waals surface area contributed by atoms with Crippen molar-refractivity contribution in [2.75, 3.05) is 7.11 Å². The molecule has 0 aliphatic carbocycles. The van der Waals surface area contributed by atoms with Gasteiger partial charge in [-0.1, -0.05) is 60.2 Å². The van der Waals surface area contributed by atoms with E-state index < -0.39 is 12.1 Å². The molecule has 3 rings (SSSR count). The smallest absolute Gasteiger partial charge is 0.407 e. The highest BCUT2D eigenvalue weighted by Crippen LogP contribution is 2.21. The first-order chi connectivity index (χ1) is 14.0. The molecule has 0 fully saturated rings. The van der Waals surface area contributed by atoms with Gasteiger partial charge in [0.25, 0.3) is 0 Å². The van der Waals surface area contributed by atoms with Crippen molar-refractivity contribution >= 4 is 12.0 Å². The molecule has 0 spiro atoms. The molecule has 3 N–H and O–H groups in total. The fourth-order valence-electron chi connectivity index (χ4n) is 2.92. The number of hydrogen-bond donors (Lipinski definition) is 3. The van der Waals surface area contributed by atoms with E-state index in [1.807, 2.05) is 44.2 Å². The molecule has 2 aromatic carbocycles. The van der Waals surface area contributed by atoms with E-state index in [4.69, 9.17) is 0 Å². The van der Waals surface area contributed by atoms with Crippen LogP contribution in [0.15, 0.2) is 60.8 Å². The first kappa shape index (κ1) is 20.1. The van der Waals surface area contributed by atoms with Crippen LogP contribution in [0.1, 0.15) is 36.0 Å². The average molecular weight is 392 g/mol. The minimum atomic E-state index is -0.877. The zero-order chi connectivity index (χ0) is 20.8. The number of aryl methyl sites for hydroxylation is 1. The highest BCUT2D eigenvalue weighted by atomic mass is 16.5. The molecule has 0 aliphatic rings. The molecule has 0 radical (unpaired) electrons. The normalized spacial score (nSPS) is 12.7. The van der Waals surface area contributed by atoms with E-state index >= 15 is 0 Å². The molecule has 7 heteroatoms. The third-order valence-electron chi connectivity index (χ3n) is 4.57. The summed E-state index contributed by atoms with van der Waals surface area (Å²) in [5.41, 5.74) is 3.72. The number of amides is 2. The molecule has 2 atom stereocenters. The van der Waals surface area contributed by atoms with Crippen LogP contribution in [0.5, 0.6) is 0 Å². The Bertz CT molecular complexity index is 967. The van der Waals surface area contributed by atoms with E-state index in [2.05, 4.69) is 25.3 Å². The number of aromatic nitrogens is 2. The van der Waals surface area contributed by atoms with E-state index in [1.54, 1.807) is 30.5 Å². The summed E-state index contributed by atoms with van der Waals surface area (Å²) in [7, 11) is 1.26. The molecular weight excluding hydrogens is 368 g/mol. The monoisotopic (exact) mass is 392 g/mol. The van der Waals surface area contributed by atoms with Gasteiger partial charge in [-0.3, -0.25) is 4.79 Å². The zero-order valence-electron chi connectivity index (χ0n) is 16.6. The van der Waals surface area contributed by atoms with Crippen LogP contribution in [0.3, 0.4) is 0 Å². The first-order valence-corrected chi connectivity index (χ1v) is 9.29. The Balaban J connectivity index is 1.74. The lowest BCUT2D eigenvalue weighted by atomic mass is 10.1. The van der Waals surface area contributed by atoms with E-state index in [0.717, 1.165) is 11.3 Å². The number of methoxy groups -OCH3 is 1. The maximum atomic E-state index is 12.9. The van der Waals surface area contributed by atoms with Gasteiger partial charge in [-0.25, -0.2) is 9.78 Å². The number of rotatable bonds is 6. The zero-order valence-corrected chi connectivity index (χ0v) is 16.6. The number of hydrogen-bond acceptors (Lipinski definition) is 4. The number of alkyl carbamates (subject to hydrolysis) is 1. The average Bonchev–Trinajstić information content (AvgIpc) is 3.23. The van der Waals surface area contributed by atoms with Crippen LogP contribution in [-0.4, -0.2) is 29.1 Å². The fourth-order valence-corrected chi connectivity index (χ4v) is 2.92. The van der Waals surface area contributed by atoms with Crippen LogP contribution in [0, 0.1) is 6.92 Å². The molecular formula is C22H24N4O3. The Hall–Kier alpha value is -3.61. The van der Waals surface area contributed by atoms with Crippen LogP contribution >= 0.6 is 0 Å².